The largest absolute Gasteiger partial charge is 0.496 e. The topological polar surface area (TPSA) is 36.3 Å². The van der Waals surface area contributed by atoms with Crippen LogP contribution in [0.15, 0.2) is 78.9 Å². The van der Waals surface area contributed by atoms with Crippen molar-refractivity contribution in [2.75, 3.05) is 20.2 Å². The molecule has 1 fully saturated rings. The van der Waals surface area contributed by atoms with Crippen LogP contribution in [0.25, 0.3) is 0 Å². The van der Waals surface area contributed by atoms with E-state index in [1.54, 1.807) is 7.11 Å². The molecule has 1 saturated heterocycles. The third-order valence-electron chi connectivity index (χ3n) is 5.82. The minimum atomic E-state index is -0.288. The van der Waals surface area contributed by atoms with E-state index in [0.717, 1.165) is 42.9 Å². The molecule has 0 aromatic heterocycles. The zero-order chi connectivity index (χ0) is 20.1. The third-order valence-corrected chi connectivity index (χ3v) is 5.82. The van der Waals surface area contributed by atoms with Gasteiger partial charge in [0.25, 0.3) is 0 Å². The second-order valence-corrected chi connectivity index (χ2v) is 7.64. The first-order valence-corrected chi connectivity index (χ1v) is 10.2. The van der Waals surface area contributed by atoms with E-state index in [9.17, 15) is 5.26 Å². The summed E-state index contributed by atoms with van der Waals surface area (Å²) in [4.78, 5) is 2.50. The van der Waals surface area contributed by atoms with Gasteiger partial charge < -0.3 is 4.74 Å². The summed E-state index contributed by atoms with van der Waals surface area (Å²) in [5.74, 6) is 0.971. The van der Waals surface area contributed by atoms with Gasteiger partial charge in [-0.1, -0.05) is 72.8 Å². The highest BCUT2D eigenvalue weighted by molar-refractivity contribution is 5.50. The first-order chi connectivity index (χ1) is 14.3. The molecule has 146 valence electrons. The lowest BCUT2D eigenvalue weighted by atomic mass is 9.83. The molecule has 0 spiro atoms. The SMILES string of the molecule is COc1cccc(C(C#N)c2ccccc2)c1[C@@H]1CCN(Cc2ccccc2)C1. The summed E-state index contributed by atoms with van der Waals surface area (Å²) < 4.78 is 5.75. The maximum atomic E-state index is 10.0. The molecule has 3 heteroatoms. The third kappa shape index (κ3) is 4.18. The second kappa shape index (κ2) is 8.94. The number of likely N-dealkylation sites (tertiary alicyclic amines) is 1. The van der Waals surface area contributed by atoms with Gasteiger partial charge in [-0.05, 0) is 35.7 Å². The molecule has 0 bridgehead atoms. The van der Waals surface area contributed by atoms with E-state index in [4.69, 9.17) is 4.74 Å². The lowest BCUT2D eigenvalue weighted by molar-refractivity contribution is 0.325. The summed E-state index contributed by atoms with van der Waals surface area (Å²) in [5, 5.41) is 10.0. The number of benzene rings is 3. The van der Waals surface area contributed by atoms with Crippen LogP contribution >= 0.6 is 0 Å². The molecule has 1 aliphatic rings. The highest BCUT2D eigenvalue weighted by Crippen LogP contribution is 2.40. The van der Waals surface area contributed by atoms with Gasteiger partial charge in [0, 0.05) is 24.6 Å². The molecule has 1 heterocycles. The lowest BCUT2D eigenvalue weighted by Crippen LogP contribution is -2.20. The predicted molar refractivity (Wildman–Crippen MR) is 116 cm³/mol. The predicted octanol–water partition coefficient (Wildman–Crippen LogP) is 5.34. The number of methoxy groups -OCH3 is 1. The molecular formula is C26H26N2O. The van der Waals surface area contributed by atoms with Crippen LogP contribution in [0.3, 0.4) is 0 Å². The van der Waals surface area contributed by atoms with Gasteiger partial charge in [0.15, 0.2) is 0 Å². The molecule has 0 aliphatic carbocycles. The molecule has 0 amide bonds. The molecule has 4 rings (SSSR count). The molecule has 1 aliphatic heterocycles. The maximum absolute atomic E-state index is 10.0. The van der Waals surface area contributed by atoms with Crippen molar-refractivity contribution in [3.8, 4) is 11.8 Å². The Balaban J connectivity index is 1.64. The van der Waals surface area contributed by atoms with Crippen molar-refractivity contribution < 1.29 is 4.74 Å². The van der Waals surface area contributed by atoms with Crippen molar-refractivity contribution in [3.63, 3.8) is 0 Å². The van der Waals surface area contributed by atoms with Crippen molar-refractivity contribution in [2.45, 2.75) is 24.8 Å². The molecular weight excluding hydrogens is 356 g/mol. The summed E-state index contributed by atoms with van der Waals surface area (Å²) in [5.41, 5.74) is 4.64. The number of hydrogen-bond donors (Lipinski definition) is 0. The maximum Gasteiger partial charge on any atom is 0.122 e. The van der Waals surface area contributed by atoms with Crippen molar-refractivity contribution in [1.29, 1.82) is 5.26 Å². The van der Waals surface area contributed by atoms with Crippen LogP contribution in [0.1, 0.15) is 40.5 Å². The van der Waals surface area contributed by atoms with Crippen LogP contribution in [0.2, 0.25) is 0 Å². The molecule has 29 heavy (non-hydrogen) atoms. The van der Waals surface area contributed by atoms with E-state index in [1.807, 2.05) is 42.5 Å². The molecule has 0 saturated carbocycles. The van der Waals surface area contributed by atoms with Gasteiger partial charge in [-0.3, -0.25) is 4.90 Å². The van der Waals surface area contributed by atoms with Crippen molar-refractivity contribution in [2.24, 2.45) is 0 Å². The highest BCUT2D eigenvalue weighted by Gasteiger charge is 2.30. The Labute approximate surface area is 173 Å². The Bertz CT molecular complexity index is 979. The highest BCUT2D eigenvalue weighted by atomic mass is 16.5. The average molecular weight is 383 g/mol. The fraction of sp³-hybridized carbons (Fsp3) is 0.269. The molecule has 0 radical (unpaired) electrons. The Morgan fingerprint density at radius 1 is 1.00 bits per heavy atom. The van der Waals surface area contributed by atoms with Crippen LogP contribution in [-0.2, 0) is 6.54 Å². The minimum absolute atomic E-state index is 0.288. The van der Waals surface area contributed by atoms with Crippen molar-refractivity contribution in [3.05, 3.63) is 101 Å². The molecule has 1 unspecified atom stereocenters. The van der Waals surface area contributed by atoms with Crippen LogP contribution in [-0.4, -0.2) is 25.1 Å². The van der Waals surface area contributed by atoms with Gasteiger partial charge in [0.2, 0.25) is 0 Å². The summed E-state index contributed by atoms with van der Waals surface area (Å²) in [6.45, 7) is 3.00. The van der Waals surface area contributed by atoms with Gasteiger partial charge >= 0.3 is 0 Å². The number of ether oxygens (including phenoxy) is 1. The normalized spacial score (nSPS) is 17.6. The van der Waals surface area contributed by atoms with E-state index in [1.165, 1.54) is 11.1 Å². The summed E-state index contributed by atoms with van der Waals surface area (Å²) >= 11 is 0. The number of hydrogen-bond acceptors (Lipinski definition) is 3. The number of rotatable bonds is 6. The Morgan fingerprint density at radius 3 is 2.41 bits per heavy atom. The zero-order valence-electron chi connectivity index (χ0n) is 16.8. The molecule has 0 N–H and O–H groups in total. The van der Waals surface area contributed by atoms with Crippen molar-refractivity contribution in [1.82, 2.24) is 4.90 Å². The first-order valence-electron chi connectivity index (χ1n) is 10.2. The lowest BCUT2D eigenvalue weighted by Gasteiger charge is -2.23. The van der Waals surface area contributed by atoms with Crippen LogP contribution in [0.4, 0.5) is 0 Å². The Hall–Kier alpha value is -3.09. The van der Waals surface area contributed by atoms with Crippen LogP contribution in [0, 0.1) is 11.3 Å². The Morgan fingerprint density at radius 2 is 1.72 bits per heavy atom. The van der Waals surface area contributed by atoms with E-state index in [2.05, 4.69) is 47.4 Å². The van der Waals surface area contributed by atoms with Crippen LogP contribution < -0.4 is 4.74 Å². The number of nitrogens with zero attached hydrogens (tertiary/aromatic N) is 2. The zero-order valence-corrected chi connectivity index (χ0v) is 16.8. The van der Waals surface area contributed by atoms with Crippen LogP contribution in [0.5, 0.6) is 5.75 Å². The number of nitriles is 1. The summed E-state index contributed by atoms with van der Waals surface area (Å²) in [6.07, 6.45) is 1.08. The van der Waals surface area contributed by atoms with Crippen molar-refractivity contribution >= 4 is 0 Å². The van der Waals surface area contributed by atoms with Gasteiger partial charge in [0.1, 0.15) is 5.75 Å². The summed E-state index contributed by atoms with van der Waals surface area (Å²) in [6, 6.07) is 29.3. The van der Waals surface area contributed by atoms with E-state index in [0.29, 0.717) is 5.92 Å². The van der Waals surface area contributed by atoms with E-state index >= 15 is 0 Å². The Kier molecular flexibility index (Phi) is 5.93. The quantitative estimate of drug-likeness (QED) is 0.577. The smallest absolute Gasteiger partial charge is 0.122 e. The van der Waals surface area contributed by atoms with Gasteiger partial charge in [-0.2, -0.15) is 5.26 Å². The average Bonchev–Trinajstić information content (AvgIpc) is 3.23. The van der Waals surface area contributed by atoms with E-state index < -0.39 is 0 Å². The van der Waals surface area contributed by atoms with Gasteiger partial charge in [-0.15, -0.1) is 0 Å². The molecule has 3 nitrogen and oxygen atoms in total. The first kappa shape index (κ1) is 19.2. The van der Waals surface area contributed by atoms with Gasteiger partial charge in [0.05, 0.1) is 19.1 Å². The fourth-order valence-corrected chi connectivity index (χ4v) is 4.45. The minimum Gasteiger partial charge on any atom is -0.496 e. The standard InChI is InChI=1S/C26H26N2O/c1-29-25-14-8-13-23(24(17-27)21-11-6-3-7-12-21)26(25)22-15-16-28(19-22)18-20-9-4-2-5-10-20/h2-14,22,24H,15-16,18-19H2,1H3/t22-,24?/m1/s1. The monoisotopic (exact) mass is 382 g/mol. The fourth-order valence-electron chi connectivity index (χ4n) is 4.45. The molecule has 3 aromatic rings. The molecule has 3 aromatic carbocycles. The molecule has 2 atom stereocenters. The second-order valence-electron chi connectivity index (χ2n) is 7.64. The van der Waals surface area contributed by atoms with Gasteiger partial charge in [-0.25, -0.2) is 0 Å². The summed E-state index contributed by atoms with van der Waals surface area (Å²) in [7, 11) is 1.73. The van der Waals surface area contributed by atoms with E-state index in [-0.39, 0.29) is 5.92 Å².